The highest BCUT2D eigenvalue weighted by atomic mass is 32.2. The number of carbonyl (C=O) groups is 1. The molecule has 1 atom stereocenters. The molecule has 3 nitrogen and oxygen atoms in total. The van der Waals surface area contributed by atoms with Gasteiger partial charge in [0, 0.05) is 11.2 Å². The molecule has 0 aromatic rings. The van der Waals surface area contributed by atoms with Gasteiger partial charge >= 0.3 is 5.97 Å². The fourth-order valence-electron chi connectivity index (χ4n) is 1.42. The monoisotopic (exact) mass is 189 g/mol. The number of carboxylic acid groups (broad SMARTS) is 1. The largest absolute Gasteiger partial charge is 0.480 e. The van der Waals surface area contributed by atoms with Crippen LogP contribution in [-0.2, 0) is 4.79 Å². The lowest BCUT2D eigenvalue weighted by atomic mass is 9.72. The Bertz CT molecular complexity index is 205. The Morgan fingerprint density at radius 1 is 1.58 bits per heavy atom. The smallest absolute Gasteiger partial charge is 0.324 e. The molecule has 12 heavy (non-hydrogen) atoms. The predicted molar refractivity (Wildman–Crippen MR) is 50.3 cm³/mol. The number of hydrogen-bond donors (Lipinski definition) is 2. The van der Waals surface area contributed by atoms with E-state index in [0.29, 0.717) is 6.42 Å². The van der Waals surface area contributed by atoms with E-state index in [4.69, 9.17) is 10.8 Å². The Kier molecular flexibility index (Phi) is 2.40. The van der Waals surface area contributed by atoms with E-state index in [0.717, 1.165) is 11.5 Å². The van der Waals surface area contributed by atoms with Crippen LogP contribution in [-0.4, -0.2) is 28.1 Å². The minimum atomic E-state index is -1.03. The van der Waals surface area contributed by atoms with Gasteiger partial charge in [-0.2, -0.15) is 11.8 Å². The third kappa shape index (κ3) is 1.33. The molecule has 1 fully saturated rings. The Morgan fingerprint density at radius 2 is 2.17 bits per heavy atom. The van der Waals surface area contributed by atoms with Crippen LogP contribution in [0.2, 0.25) is 0 Å². The maximum atomic E-state index is 11.0. The van der Waals surface area contributed by atoms with Crippen LogP contribution >= 0.6 is 11.8 Å². The lowest BCUT2D eigenvalue weighted by molar-refractivity contribution is -0.147. The first-order valence-corrected chi connectivity index (χ1v) is 5.16. The van der Waals surface area contributed by atoms with Crippen molar-refractivity contribution in [2.75, 3.05) is 11.5 Å². The topological polar surface area (TPSA) is 63.3 Å². The number of rotatable bonds is 1. The molecule has 0 saturated carbocycles. The zero-order chi connectivity index (χ0) is 9.41. The summed E-state index contributed by atoms with van der Waals surface area (Å²) in [5.41, 5.74) is 4.53. The summed E-state index contributed by atoms with van der Waals surface area (Å²) in [5.74, 6) is 0.815. The van der Waals surface area contributed by atoms with E-state index in [1.54, 1.807) is 11.8 Å². The van der Waals surface area contributed by atoms with Crippen molar-refractivity contribution in [1.29, 1.82) is 0 Å². The fourth-order valence-corrected chi connectivity index (χ4v) is 2.80. The van der Waals surface area contributed by atoms with Crippen molar-refractivity contribution in [3.63, 3.8) is 0 Å². The third-order valence-corrected chi connectivity index (χ3v) is 4.11. The molecule has 0 aliphatic carbocycles. The summed E-state index contributed by atoms with van der Waals surface area (Å²) < 4.78 is 0. The van der Waals surface area contributed by atoms with E-state index in [1.807, 2.05) is 13.8 Å². The van der Waals surface area contributed by atoms with Gasteiger partial charge in [0.1, 0.15) is 5.54 Å². The second-order valence-corrected chi connectivity index (χ2v) is 5.07. The Morgan fingerprint density at radius 3 is 2.50 bits per heavy atom. The molecule has 70 valence electrons. The average molecular weight is 189 g/mol. The molecular formula is C8H15NO2S. The zero-order valence-corrected chi connectivity index (χ0v) is 8.28. The molecule has 1 aliphatic heterocycles. The summed E-state index contributed by atoms with van der Waals surface area (Å²) >= 11 is 1.78. The minimum Gasteiger partial charge on any atom is -0.480 e. The lowest BCUT2D eigenvalue weighted by Crippen LogP contribution is -2.61. The molecule has 1 heterocycles. The highest BCUT2D eigenvalue weighted by Crippen LogP contribution is 2.40. The third-order valence-electron chi connectivity index (χ3n) is 2.69. The van der Waals surface area contributed by atoms with Crippen LogP contribution in [0, 0.1) is 5.41 Å². The van der Waals surface area contributed by atoms with Gasteiger partial charge < -0.3 is 10.8 Å². The highest BCUT2D eigenvalue weighted by Gasteiger charge is 2.49. The summed E-state index contributed by atoms with van der Waals surface area (Å²) in [6, 6.07) is 0. The van der Waals surface area contributed by atoms with Gasteiger partial charge in [-0.05, 0) is 12.2 Å². The molecule has 4 heteroatoms. The molecular weight excluding hydrogens is 174 g/mol. The first-order valence-electron chi connectivity index (χ1n) is 4.00. The van der Waals surface area contributed by atoms with Crippen LogP contribution in [0.15, 0.2) is 0 Å². The summed E-state index contributed by atoms with van der Waals surface area (Å²) in [4.78, 5) is 11.0. The van der Waals surface area contributed by atoms with Crippen molar-refractivity contribution in [2.24, 2.45) is 11.1 Å². The summed E-state index contributed by atoms with van der Waals surface area (Å²) in [6.45, 7) is 3.85. The Labute approximate surface area is 76.7 Å². The maximum absolute atomic E-state index is 11.0. The van der Waals surface area contributed by atoms with E-state index < -0.39 is 11.5 Å². The van der Waals surface area contributed by atoms with Crippen molar-refractivity contribution in [1.82, 2.24) is 0 Å². The van der Waals surface area contributed by atoms with E-state index in [2.05, 4.69) is 0 Å². The maximum Gasteiger partial charge on any atom is 0.324 e. The van der Waals surface area contributed by atoms with Crippen molar-refractivity contribution in [2.45, 2.75) is 25.8 Å². The Balaban J connectivity index is 2.91. The number of nitrogens with two attached hydrogens (primary N) is 1. The number of carboxylic acids is 1. The standard InChI is InChI=1S/C8H15NO2S/c1-7(2)5-12-4-3-8(7,9)6(10)11/h3-5,9H2,1-2H3,(H,10,11). The summed E-state index contributed by atoms with van der Waals surface area (Å²) in [7, 11) is 0. The van der Waals surface area contributed by atoms with Gasteiger partial charge in [0.15, 0.2) is 0 Å². The number of aliphatic carboxylic acids is 1. The normalized spacial score (nSPS) is 34.6. The molecule has 0 bridgehead atoms. The van der Waals surface area contributed by atoms with Crippen LogP contribution in [0.1, 0.15) is 20.3 Å². The fraction of sp³-hybridized carbons (Fsp3) is 0.875. The van der Waals surface area contributed by atoms with Crippen LogP contribution in [0.3, 0.4) is 0 Å². The molecule has 0 radical (unpaired) electrons. The van der Waals surface area contributed by atoms with Crippen LogP contribution < -0.4 is 5.73 Å². The van der Waals surface area contributed by atoms with Crippen molar-refractivity contribution in [3.8, 4) is 0 Å². The van der Waals surface area contributed by atoms with Crippen LogP contribution in [0.4, 0.5) is 0 Å². The minimum absolute atomic E-state index is 0.304. The number of thioether (sulfide) groups is 1. The summed E-state index contributed by atoms with van der Waals surface area (Å²) in [5, 5.41) is 9.00. The average Bonchev–Trinajstić information content (AvgIpc) is 1.95. The molecule has 1 aliphatic rings. The van der Waals surface area contributed by atoms with Gasteiger partial charge in [0.25, 0.3) is 0 Å². The van der Waals surface area contributed by atoms with Crippen molar-refractivity contribution < 1.29 is 9.90 Å². The molecule has 1 unspecified atom stereocenters. The highest BCUT2D eigenvalue weighted by molar-refractivity contribution is 7.99. The molecule has 0 aromatic carbocycles. The van der Waals surface area contributed by atoms with E-state index in [9.17, 15) is 4.79 Å². The van der Waals surface area contributed by atoms with E-state index in [-0.39, 0.29) is 5.41 Å². The van der Waals surface area contributed by atoms with Gasteiger partial charge in [-0.15, -0.1) is 0 Å². The Hall–Kier alpha value is -0.220. The zero-order valence-electron chi connectivity index (χ0n) is 7.46. The predicted octanol–water partition coefficient (Wildman–Crippen LogP) is 0.932. The molecule has 0 amide bonds. The van der Waals surface area contributed by atoms with Gasteiger partial charge in [-0.25, -0.2) is 0 Å². The van der Waals surface area contributed by atoms with Crippen LogP contribution in [0.25, 0.3) is 0 Å². The molecule has 0 spiro atoms. The second kappa shape index (κ2) is 2.92. The quantitative estimate of drug-likeness (QED) is 0.644. The first kappa shape index (κ1) is 9.86. The van der Waals surface area contributed by atoms with Gasteiger partial charge in [0.05, 0.1) is 0 Å². The van der Waals surface area contributed by atoms with E-state index in [1.165, 1.54) is 0 Å². The first-order chi connectivity index (χ1) is 5.40. The summed E-state index contributed by atoms with van der Waals surface area (Å²) in [6.07, 6.45) is 0.569. The second-order valence-electron chi connectivity index (χ2n) is 3.96. The van der Waals surface area contributed by atoms with E-state index >= 15 is 0 Å². The molecule has 3 N–H and O–H groups in total. The van der Waals surface area contributed by atoms with Gasteiger partial charge in [-0.1, -0.05) is 13.8 Å². The van der Waals surface area contributed by atoms with Gasteiger partial charge in [0.2, 0.25) is 0 Å². The molecule has 1 rings (SSSR count). The number of hydrogen-bond acceptors (Lipinski definition) is 3. The molecule has 1 saturated heterocycles. The SMILES string of the molecule is CC1(C)CSCCC1(N)C(=O)O. The van der Waals surface area contributed by atoms with Crippen LogP contribution in [0.5, 0.6) is 0 Å². The van der Waals surface area contributed by atoms with Gasteiger partial charge in [-0.3, -0.25) is 4.79 Å². The lowest BCUT2D eigenvalue weighted by Gasteiger charge is -2.43. The molecule has 0 aromatic heterocycles. The van der Waals surface area contributed by atoms with Crippen molar-refractivity contribution >= 4 is 17.7 Å². The van der Waals surface area contributed by atoms with Crippen molar-refractivity contribution in [3.05, 3.63) is 0 Å².